The summed E-state index contributed by atoms with van der Waals surface area (Å²) in [7, 11) is 0. The van der Waals surface area contributed by atoms with Gasteiger partial charge in [-0.15, -0.1) is 0 Å². The molecule has 0 aromatic heterocycles. The number of anilines is 1. The first-order chi connectivity index (χ1) is 8.89. The van der Waals surface area contributed by atoms with Gasteiger partial charge in [0.2, 0.25) is 0 Å². The standard InChI is InChI=1S/C12H17FIN3O2/c1-3-12(4-2,7-15)16-10-5-8(13)9(14)6-11(10)17(18)19/h5-6,16H,3-4,7,15H2,1-2H3. The Hall–Kier alpha value is -0.960. The highest BCUT2D eigenvalue weighted by atomic mass is 127. The maximum atomic E-state index is 13.6. The monoisotopic (exact) mass is 381 g/mol. The van der Waals surface area contributed by atoms with Crippen LogP contribution in [0.15, 0.2) is 12.1 Å². The first-order valence-corrected chi connectivity index (χ1v) is 7.08. The van der Waals surface area contributed by atoms with E-state index in [1.165, 1.54) is 6.07 Å². The fourth-order valence-electron chi connectivity index (χ4n) is 1.84. The molecule has 19 heavy (non-hydrogen) atoms. The molecule has 0 fully saturated rings. The van der Waals surface area contributed by atoms with Crippen LogP contribution in [0.2, 0.25) is 0 Å². The minimum atomic E-state index is -0.517. The van der Waals surface area contributed by atoms with Crippen LogP contribution in [0.3, 0.4) is 0 Å². The molecule has 1 aromatic carbocycles. The van der Waals surface area contributed by atoms with Gasteiger partial charge in [0.15, 0.2) is 0 Å². The van der Waals surface area contributed by atoms with E-state index < -0.39 is 16.3 Å². The van der Waals surface area contributed by atoms with Gasteiger partial charge in [0.1, 0.15) is 11.5 Å². The molecule has 0 saturated heterocycles. The van der Waals surface area contributed by atoms with Crippen LogP contribution in [-0.2, 0) is 0 Å². The Morgan fingerprint density at radius 3 is 2.47 bits per heavy atom. The summed E-state index contributed by atoms with van der Waals surface area (Å²) in [5, 5.41) is 14.1. The van der Waals surface area contributed by atoms with E-state index >= 15 is 0 Å². The Morgan fingerprint density at radius 2 is 2.05 bits per heavy atom. The van der Waals surface area contributed by atoms with Crippen LogP contribution in [0, 0.1) is 19.5 Å². The highest BCUT2D eigenvalue weighted by Crippen LogP contribution is 2.32. The molecule has 0 bridgehead atoms. The van der Waals surface area contributed by atoms with Gasteiger partial charge in [-0.3, -0.25) is 10.1 Å². The van der Waals surface area contributed by atoms with Crippen molar-refractivity contribution in [3.63, 3.8) is 0 Å². The Bertz CT molecular complexity index is 470. The van der Waals surface area contributed by atoms with E-state index in [-0.39, 0.29) is 14.9 Å². The second-order valence-electron chi connectivity index (χ2n) is 4.36. The molecule has 7 heteroatoms. The quantitative estimate of drug-likeness (QED) is 0.450. The van der Waals surface area contributed by atoms with Gasteiger partial charge in [-0.25, -0.2) is 4.39 Å². The normalized spacial score (nSPS) is 11.4. The van der Waals surface area contributed by atoms with Gasteiger partial charge in [0.25, 0.3) is 5.69 Å². The summed E-state index contributed by atoms with van der Waals surface area (Å²) >= 11 is 1.73. The zero-order valence-electron chi connectivity index (χ0n) is 10.9. The second kappa shape index (κ2) is 6.47. The fraction of sp³-hybridized carbons (Fsp3) is 0.500. The number of nitro benzene ring substituents is 1. The molecule has 106 valence electrons. The van der Waals surface area contributed by atoms with Crippen LogP contribution in [0.4, 0.5) is 15.8 Å². The summed E-state index contributed by atoms with van der Waals surface area (Å²) in [6.07, 6.45) is 1.40. The van der Waals surface area contributed by atoms with E-state index in [0.29, 0.717) is 19.4 Å². The van der Waals surface area contributed by atoms with Crippen molar-refractivity contribution < 1.29 is 9.31 Å². The lowest BCUT2D eigenvalue weighted by molar-refractivity contribution is -0.384. The van der Waals surface area contributed by atoms with Crippen molar-refractivity contribution in [1.82, 2.24) is 0 Å². The van der Waals surface area contributed by atoms with Gasteiger partial charge < -0.3 is 11.1 Å². The molecule has 0 aliphatic heterocycles. The zero-order chi connectivity index (χ0) is 14.6. The topological polar surface area (TPSA) is 81.2 Å². The van der Waals surface area contributed by atoms with E-state index in [1.807, 2.05) is 13.8 Å². The number of nitrogens with two attached hydrogens (primary N) is 1. The van der Waals surface area contributed by atoms with Crippen molar-refractivity contribution in [2.24, 2.45) is 5.73 Å². The Kier molecular flexibility index (Phi) is 5.48. The minimum absolute atomic E-state index is 0.134. The number of halogens is 2. The molecule has 0 heterocycles. The molecular weight excluding hydrogens is 364 g/mol. The predicted octanol–water partition coefficient (Wildman–Crippen LogP) is 3.27. The van der Waals surface area contributed by atoms with E-state index in [1.54, 1.807) is 22.6 Å². The van der Waals surface area contributed by atoms with Crippen molar-refractivity contribution in [3.05, 3.63) is 31.6 Å². The molecule has 0 radical (unpaired) electrons. The van der Waals surface area contributed by atoms with Crippen LogP contribution in [0.1, 0.15) is 26.7 Å². The molecule has 0 aliphatic carbocycles. The molecule has 1 aromatic rings. The third-order valence-corrected chi connectivity index (χ3v) is 4.21. The van der Waals surface area contributed by atoms with Crippen molar-refractivity contribution >= 4 is 34.0 Å². The summed E-state index contributed by atoms with van der Waals surface area (Å²) in [6.45, 7) is 4.21. The lowest BCUT2D eigenvalue weighted by Crippen LogP contribution is -2.44. The third-order valence-electron chi connectivity index (χ3n) is 3.38. The fourth-order valence-corrected chi connectivity index (χ4v) is 2.29. The van der Waals surface area contributed by atoms with Crippen molar-refractivity contribution in [3.8, 4) is 0 Å². The lowest BCUT2D eigenvalue weighted by atomic mass is 9.92. The van der Waals surface area contributed by atoms with Crippen LogP contribution in [0.5, 0.6) is 0 Å². The molecule has 5 nitrogen and oxygen atoms in total. The molecule has 0 aliphatic rings. The Morgan fingerprint density at radius 1 is 1.47 bits per heavy atom. The number of hydrogen-bond donors (Lipinski definition) is 2. The van der Waals surface area contributed by atoms with Crippen molar-refractivity contribution in [2.45, 2.75) is 32.2 Å². The van der Waals surface area contributed by atoms with E-state index in [4.69, 9.17) is 5.73 Å². The largest absolute Gasteiger partial charge is 0.373 e. The van der Waals surface area contributed by atoms with E-state index in [0.717, 1.165) is 6.07 Å². The number of hydrogen-bond acceptors (Lipinski definition) is 4. The molecule has 0 atom stereocenters. The smallest absolute Gasteiger partial charge is 0.293 e. The third kappa shape index (κ3) is 3.53. The van der Waals surface area contributed by atoms with Gasteiger partial charge in [0, 0.05) is 24.2 Å². The molecule has 0 amide bonds. The molecule has 0 spiro atoms. The molecule has 0 unspecified atom stereocenters. The van der Waals surface area contributed by atoms with Gasteiger partial charge >= 0.3 is 0 Å². The Balaban J connectivity index is 3.26. The van der Waals surface area contributed by atoms with Gasteiger partial charge in [-0.05, 0) is 35.4 Å². The summed E-state index contributed by atoms with van der Waals surface area (Å²) in [5.41, 5.74) is 5.33. The second-order valence-corrected chi connectivity index (χ2v) is 5.52. The van der Waals surface area contributed by atoms with Gasteiger partial charge in [-0.1, -0.05) is 13.8 Å². The predicted molar refractivity (Wildman–Crippen MR) is 81.8 cm³/mol. The SMILES string of the molecule is CCC(CC)(CN)Nc1cc(F)c(I)cc1[N+](=O)[O-]. The average Bonchev–Trinajstić information content (AvgIpc) is 2.39. The average molecular weight is 381 g/mol. The summed E-state index contributed by atoms with van der Waals surface area (Å²) in [4.78, 5) is 10.5. The van der Waals surface area contributed by atoms with Crippen LogP contribution >= 0.6 is 22.6 Å². The Labute approximate surface area is 125 Å². The van der Waals surface area contributed by atoms with Crippen molar-refractivity contribution in [1.29, 1.82) is 0 Å². The summed E-state index contributed by atoms with van der Waals surface area (Å²) in [6, 6.07) is 2.39. The minimum Gasteiger partial charge on any atom is -0.373 e. The summed E-state index contributed by atoms with van der Waals surface area (Å²) in [5.74, 6) is -0.480. The number of nitro groups is 1. The zero-order valence-corrected chi connectivity index (χ0v) is 13.0. The first-order valence-electron chi connectivity index (χ1n) is 6.00. The van der Waals surface area contributed by atoms with Gasteiger partial charge in [0.05, 0.1) is 8.49 Å². The molecular formula is C12H17FIN3O2. The molecule has 0 saturated carbocycles. The number of rotatable bonds is 6. The maximum Gasteiger partial charge on any atom is 0.293 e. The van der Waals surface area contributed by atoms with Gasteiger partial charge in [-0.2, -0.15) is 0 Å². The highest BCUT2D eigenvalue weighted by molar-refractivity contribution is 14.1. The van der Waals surface area contributed by atoms with Crippen LogP contribution < -0.4 is 11.1 Å². The number of nitrogens with one attached hydrogen (secondary N) is 1. The number of benzene rings is 1. The van der Waals surface area contributed by atoms with Crippen molar-refractivity contribution in [2.75, 3.05) is 11.9 Å². The van der Waals surface area contributed by atoms with Crippen LogP contribution in [0.25, 0.3) is 0 Å². The lowest BCUT2D eigenvalue weighted by Gasteiger charge is -2.32. The maximum absolute atomic E-state index is 13.6. The molecule has 3 N–H and O–H groups in total. The van der Waals surface area contributed by atoms with E-state index in [9.17, 15) is 14.5 Å². The number of nitrogens with zero attached hydrogens (tertiary/aromatic N) is 1. The highest BCUT2D eigenvalue weighted by Gasteiger charge is 2.28. The first kappa shape index (κ1) is 16.1. The summed E-state index contributed by atoms with van der Waals surface area (Å²) < 4.78 is 13.8. The van der Waals surface area contributed by atoms with Crippen LogP contribution in [-0.4, -0.2) is 17.0 Å². The van der Waals surface area contributed by atoms with E-state index in [2.05, 4.69) is 5.32 Å². The molecule has 1 rings (SSSR count).